The molecule has 5 heteroatoms. The first-order valence-electron chi connectivity index (χ1n) is 8.03. The minimum atomic E-state index is -0.438. The van der Waals surface area contributed by atoms with Gasteiger partial charge in [0.2, 0.25) is 0 Å². The average Bonchev–Trinajstić information content (AvgIpc) is 2.79. The van der Waals surface area contributed by atoms with E-state index < -0.39 is 5.60 Å². The number of hydrogen-bond acceptors (Lipinski definition) is 4. The topological polar surface area (TPSA) is 59.6 Å². The van der Waals surface area contributed by atoms with E-state index in [1.165, 1.54) is 12.8 Å². The van der Waals surface area contributed by atoms with E-state index in [1.54, 1.807) is 7.11 Å². The SMILES string of the molecule is COCCC(C)NC1CCCC1CNC(=O)OC(C)(C)C. The molecule has 0 saturated heterocycles. The zero-order chi connectivity index (χ0) is 15.9. The van der Waals surface area contributed by atoms with Crippen molar-refractivity contribution in [3.8, 4) is 0 Å². The van der Waals surface area contributed by atoms with Crippen LogP contribution in [0.1, 0.15) is 53.4 Å². The van der Waals surface area contributed by atoms with Crippen LogP contribution in [-0.2, 0) is 9.47 Å². The molecule has 0 spiro atoms. The summed E-state index contributed by atoms with van der Waals surface area (Å²) in [6.07, 6.45) is 4.25. The van der Waals surface area contributed by atoms with Gasteiger partial charge in [0.05, 0.1) is 0 Å². The second-order valence-corrected chi connectivity index (χ2v) is 7.03. The number of carbonyl (C=O) groups excluding carboxylic acids is 1. The lowest BCUT2D eigenvalue weighted by molar-refractivity contribution is 0.0517. The fourth-order valence-corrected chi connectivity index (χ4v) is 2.77. The van der Waals surface area contributed by atoms with Crippen LogP contribution in [0.5, 0.6) is 0 Å². The number of carbonyl (C=O) groups is 1. The van der Waals surface area contributed by atoms with Crippen molar-refractivity contribution in [2.24, 2.45) is 5.92 Å². The molecule has 0 aromatic rings. The Morgan fingerprint density at radius 3 is 2.67 bits per heavy atom. The molecule has 3 unspecified atom stereocenters. The molecule has 124 valence electrons. The normalized spacial score (nSPS) is 23.9. The van der Waals surface area contributed by atoms with Crippen LogP contribution in [0.2, 0.25) is 0 Å². The molecule has 0 aromatic carbocycles. The van der Waals surface area contributed by atoms with Gasteiger partial charge in [-0.25, -0.2) is 4.79 Å². The standard InChI is InChI=1S/C16H32N2O3/c1-12(9-10-20-5)18-14-8-6-7-13(14)11-17-15(19)21-16(2,3)4/h12-14,18H,6-11H2,1-5H3,(H,17,19). The van der Waals surface area contributed by atoms with E-state index in [-0.39, 0.29) is 6.09 Å². The molecule has 0 aliphatic heterocycles. The predicted octanol–water partition coefficient (Wildman–Crippen LogP) is 2.69. The number of alkyl carbamates (subject to hydrolysis) is 1. The minimum absolute atomic E-state index is 0.319. The van der Waals surface area contributed by atoms with Gasteiger partial charge in [-0.05, 0) is 52.9 Å². The number of hydrogen-bond donors (Lipinski definition) is 2. The molecule has 1 amide bonds. The number of rotatable bonds is 7. The van der Waals surface area contributed by atoms with Crippen molar-refractivity contribution < 1.29 is 14.3 Å². The van der Waals surface area contributed by atoms with Crippen LogP contribution in [-0.4, -0.2) is 44.0 Å². The molecular weight excluding hydrogens is 268 g/mol. The van der Waals surface area contributed by atoms with Crippen LogP contribution in [0.3, 0.4) is 0 Å². The fraction of sp³-hybridized carbons (Fsp3) is 0.938. The van der Waals surface area contributed by atoms with Crippen LogP contribution in [0.15, 0.2) is 0 Å². The van der Waals surface area contributed by atoms with Crippen LogP contribution in [0, 0.1) is 5.92 Å². The highest BCUT2D eigenvalue weighted by atomic mass is 16.6. The first kappa shape index (κ1) is 18.2. The molecule has 1 aliphatic rings. The number of nitrogens with one attached hydrogen (secondary N) is 2. The van der Waals surface area contributed by atoms with E-state index in [1.807, 2.05) is 20.8 Å². The van der Waals surface area contributed by atoms with Gasteiger partial charge < -0.3 is 20.1 Å². The van der Waals surface area contributed by atoms with E-state index >= 15 is 0 Å². The summed E-state index contributed by atoms with van der Waals surface area (Å²) >= 11 is 0. The minimum Gasteiger partial charge on any atom is -0.444 e. The molecule has 1 fully saturated rings. The van der Waals surface area contributed by atoms with Crippen LogP contribution in [0.4, 0.5) is 4.79 Å². The first-order valence-corrected chi connectivity index (χ1v) is 8.03. The van der Waals surface area contributed by atoms with Gasteiger partial charge in [0.1, 0.15) is 5.60 Å². The number of methoxy groups -OCH3 is 1. The molecular formula is C16H32N2O3. The van der Waals surface area contributed by atoms with Gasteiger partial charge in [-0.15, -0.1) is 0 Å². The summed E-state index contributed by atoms with van der Waals surface area (Å²) in [6.45, 7) is 9.29. The fourth-order valence-electron chi connectivity index (χ4n) is 2.77. The van der Waals surface area contributed by atoms with Gasteiger partial charge in [-0.1, -0.05) is 6.42 Å². The average molecular weight is 300 g/mol. The number of amides is 1. The Hall–Kier alpha value is -0.810. The quantitative estimate of drug-likeness (QED) is 0.759. The Labute approximate surface area is 129 Å². The highest BCUT2D eigenvalue weighted by Gasteiger charge is 2.28. The van der Waals surface area contributed by atoms with Crippen molar-refractivity contribution in [1.82, 2.24) is 10.6 Å². The summed E-state index contributed by atoms with van der Waals surface area (Å²) < 4.78 is 10.4. The highest BCUT2D eigenvalue weighted by molar-refractivity contribution is 5.67. The monoisotopic (exact) mass is 300 g/mol. The Balaban J connectivity index is 2.31. The molecule has 0 aromatic heterocycles. The highest BCUT2D eigenvalue weighted by Crippen LogP contribution is 2.25. The molecule has 0 radical (unpaired) electrons. The molecule has 1 rings (SSSR count). The summed E-state index contributed by atoms with van der Waals surface area (Å²) in [6, 6.07) is 0.920. The maximum Gasteiger partial charge on any atom is 0.407 e. The third-order valence-electron chi connectivity index (χ3n) is 3.82. The number of ether oxygens (including phenoxy) is 2. The first-order chi connectivity index (χ1) is 9.81. The Kier molecular flexibility index (Phi) is 7.46. The second-order valence-electron chi connectivity index (χ2n) is 7.03. The second kappa shape index (κ2) is 8.59. The molecule has 1 aliphatic carbocycles. The van der Waals surface area contributed by atoms with Crippen molar-refractivity contribution in [2.75, 3.05) is 20.3 Å². The lowest BCUT2D eigenvalue weighted by Crippen LogP contribution is -2.44. The van der Waals surface area contributed by atoms with E-state index in [0.29, 0.717) is 24.5 Å². The summed E-state index contributed by atoms with van der Waals surface area (Å²) in [4.78, 5) is 11.7. The lowest BCUT2D eigenvalue weighted by Gasteiger charge is -2.26. The third-order valence-corrected chi connectivity index (χ3v) is 3.82. The van der Waals surface area contributed by atoms with Gasteiger partial charge in [-0.3, -0.25) is 0 Å². The van der Waals surface area contributed by atoms with E-state index in [2.05, 4.69) is 17.6 Å². The molecule has 2 N–H and O–H groups in total. The van der Waals surface area contributed by atoms with Crippen molar-refractivity contribution >= 4 is 6.09 Å². The van der Waals surface area contributed by atoms with E-state index in [9.17, 15) is 4.79 Å². The summed E-state index contributed by atoms with van der Waals surface area (Å²) in [5.41, 5.74) is -0.438. The summed E-state index contributed by atoms with van der Waals surface area (Å²) in [5, 5.41) is 6.57. The van der Waals surface area contributed by atoms with Gasteiger partial charge in [0.15, 0.2) is 0 Å². The van der Waals surface area contributed by atoms with E-state index in [4.69, 9.17) is 9.47 Å². The Bertz CT molecular complexity index is 315. The molecule has 0 bridgehead atoms. The summed E-state index contributed by atoms with van der Waals surface area (Å²) in [5.74, 6) is 0.488. The zero-order valence-corrected chi connectivity index (χ0v) is 14.2. The van der Waals surface area contributed by atoms with Crippen molar-refractivity contribution in [1.29, 1.82) is 0 Å². The zero-order valence-electron chi connectivity index (χ0n) is 14.2. The third kappa shape index (κ3) is 7.67. The maximum atomic E-state index is 11.7. The van der Waals surface area contributed by atoms with Gasteiger partial charge >= 0.3 is 6.09 Å². The van der Waals surface area contributed by atoms with Gasteiger partial charge in [0.25, 0.3) is 0 Å². The largest absolute Gasteiger partial charge is 0.444 e. The molecule has 0 heterocycles. The molecule has 1 saturated carbocycles. The van der Waals surface area contributed by atoms with Crippen LogP contribution in [0.25, 0.3) is 0 Å². The van der Waals surface area contributed by atoms with Crippen molar-refractivity contribution in [3.63, 3.8) is 0 Å². The maximum absolute atomic E-state index is 11.7. The van der Waals surface area contributed by atoms with Crippen molar-refractivity contribution in [3.05, 3.63) is 0 Å². The van der Waals surface area contributed by atoms with E-state index in [0.717, 1.165) is 19.4 Å². The summed E-state index contributed by atoms with van der Waals surface area (Å²) in [7, 11) is 1.73. The van der Waals surface area contributed by atoms with Crippen molar-refractivity contribution in [2.45, 2.75) is 71.1 Å². The van der Waals surface area contributed by atoms with Crippen LogP contribution >= 0.6 is 0 Å². The Morgan fingerprint density at radius 1 is 1.33 bits per heavy atom. The predicted molar refractivity (Wildman–Crippen MR) is 84.5 cm³/mol. The van der Waals surface area contributed by atoms with Gasteiger partial charge in [0, 0.05) is 32.3 Å². The van der Waals surface area contributed by atoms with Crippen LogP contribution < -0.4 is 10.6 Å². The lowest BCUT2D eigenvalue weighted by atomic mass is 10.0. The Morgan fingerprint density at radius 2 is 2.05 bits per heavy atom. The molecule has 21 heavy (non-hydrogen) atoms. The smallest absolute Gasteiger partial charge is 0.407 e. The molecule has 3 atom stereocenters. The van der Waals surface area contributed by atoms with Gasteiger partial charge in [-0.2, -0.15) is 0 Å². The molecule has 5 nitrogen and oxygen atoms in total.